The number of rotatable bonds is 69. The van der Waals surface area contributed by atoms with Gasteiger partial charge in [-0.2, -0.15) is 0 Å². The molecule has 0 heterocycles. The van der Waals surface area contributed by atoms with Gasteiger partial charge in [0, 0.05) is 25.8 Å². The van der Waals surface area contributed by atoms with Crippen molar-refractivity contribution in [3.63, 3.8) is 0 Å². The predicted molar refractivity (Wildman–Crippen MR) is 500 cm³/mol. The summed E-state index contributed by atoms with van der Waals surface area (Å²) < 4.78 is 0. The molecule has 53 nitrogen and oxygen atoms in total. The van der Waals surface area contributed by atoms with Crippen molar-refractivity contribution >= 4 is 124 Å². The minimum absolute atomic E-state index is 0.0113. The lowest BCUT2D eigenvalue weighted by Crippen LogP contribution is -2.62. The quantitative estimate of drug-likeness (QED) is 0.00820. The van der Waals surface area contributed by atoms with Crippen LogP contribution in [0.15, 0.2) is 78.9 Å². The number of aliphatic hydroxyl groups is 3. The van der Waals surface area contributed by atoms with Gasteiger partial charge in [0.15, 0.2) is 5.96 Å². The third kappa shape index (κ3) is 46.3. The number of nitrogens with one attached hydrogen (secondary N) is 18. The first-order chi connectivity index (χ1) is 66.7. The minimum Gasteiger partial charge on any atom is -0.508 e. The number of phenolic OH excluding ortho intramolecular Hbond substituents is 2. The number of aliphatic carboxylic acids is 4. The molecule has 0 aromatic heterocycles. The van der Waals surface area contributed by atoms with Crippen LogP contribution < -0.4 is 125 Å². The number of carbonyl (C=O) groups excluding carboxylic acids is 16. The molecule has 0 spiro atoms. The fourth-order valence-electron chi connectivity index (χ4n) is 13.9. The van der Waals surface area contributed by atoms with Crippen LogP contribution in [-0.4, -0.2) is 313 Å². The average Bonchev–Trinajstić information content (AvgIpc) is 0.842. The number of carboxylic acids is 4. The van der Waals surface area contributed by atoms with E-state index < -0.39 is 279 Å². The molecule has 0 bridgehead atoms. The van der Waals surface area contributed by atoms with Crippen molar-refractivity contribution in [3.05, 3.63) is 95.6 Å². The van der Waals surface area contributed by atoms with Crippen molar-refractivity contribution in [3.8, 4) is 11.5 Å². The number of nitrogens with two attached hydrogens (primary N) is 6. The van der Waals surface area contributed by atoms with Crippen LogP contribution in [0.5, 0.6) is 11.5 Å². The van der Waals surface area contributed by atoms with Crippen molar-refractivity contribution in [1.82, 2.24) is 90.5 Å². The largest absolute Gasteiger partial charge is 0.508 e. The highest BCUT2D eigenvalue weighted by molar-refractivity contribution is 6.03. The molecule has 0 aliphatic carbocycles. The second-order valence-corrected chi connectivity index (χ2v) is 34.0. The van der Waals surface area contributed by atoms with Crippen LogP contribution in [0.3, 0.4) is 0 Å². The maximum absolute atomic E-state index is 14.8. The third-order valence-electron chi connectivity index (χ3n) is 21.4. The summed E-state index contributed by atoms with van der Waals surface area (Å²) in [4.78, 5) is 275. The van der Waals surface area contributed by atoms with Crippen LogP contribution in [0.4, 0.5) is 0 Å². The first-order valence-corrected chi connectivity index (χ1v) is 45.5. The Labute approximate surface area is 811 Å². The van der Waals surface area contributed by atoms with Crippen LogP contribution in [0.1, 0.15) is 154 Å². The smallest absolute Gasteiger partial charge is 0.328 e. The Morgan fingerprint density at radius 1 is 0.298 bits per heavy atom. The van der Waals surface area contributed by atoms with E-state index in [0.29, 0.717) is 29.5 Å². The van der Waals surface area contributed by atoms with Gasteiger partial charge in [0.05, 0.1) is 45.5 Å². The maximum atomic E-state index is 14.8. The Kier molecular flexibility index (Phi) is 54.8. The minimum atomic E-state index is -2.33. The Balaban J connectivity index is 1.95. The molecular formula is C88H136N24O29. The maximum Gasteiger partial charge on any atom is 0.328 e. The van der Waals surface area contributed by atoms with Gasteiger partial charge < -0.3 is 160 Å². The molecule has 3 aromatic rings. The highest BCUT2D eigenvalue weighted by Crippen LogP contribution is 2.19. The lowest BCUT2D eigenvalue weighted by molar-refractivity contribution is -0.144. The number of hydrogen-bond acceptors (Lipinski definition) is 31. The molecule has 16 atom stereocenters. The average molecular weight is 1990 g/mol. The number of primary amides is 1. The highest BCUT2D eigenvalue weighted by Gasteiger charge is 2.41. The Bertz CT molecular complexity index is 4680. The number of hydrazine groups is 1. The number of benzene rings is 3. The Hall–Kier alpha value is -14.4. The zero-order valence-electron chi connectivity index (χ0n) is 78.6. The number of unbranched alkanes of at least 4 members (excludes halogenated alkanes) is 3. The number of carboxylic acid groups (broad SMARTS) is 4. The van der Waals surface area contributed by atoms with Gasteiger partial charge in [-0.3, -0.25) is 102 Å². The van der Waals surface area contributed by atoms with Gasteiger partial charge in [-0.05, 0) is 156 Å². The van der Waals surface area contributed by atoms with E-state index in [1.165, 1.54) is 72.8 Å². The fourth-order valence-corrected chi connectivity index (χ4v) is 13.9. The number of aliphatic hydroxyl groups excluding tert-OH is 3. The summed E-state index contributed by atoms with van der Waals surface area (Å²) in [5, 5.41) is 135. The number of guanidine groups is 1. The topological polar surface area (TPSA) is 908 Å². The van der Waals surface area contributed by atoms with Crippen LogP contribution >= 0.6 is 0 Å². The van der Waals surface area contributed by atoms with E-state index in [-0.39, 0.29) is 127 Å². The summed E-state index contributed by atoms with van der Waals surface area (Å²) in [6, 6.07) is -10.4. The van der Waals surface area contributed by atoms with E-state index >= 15 is 0 Å². The highest BCUT2D eigenvalue weighted by atomic mass is 16.4. The zero-order valence-corrected chi connectivity index (χ0v) is 78.6. The Morgan fingerprint density at radius 3 is 0.823 bits per heavy atom. The van der Waals surface area contributed by atoms with E-state index in [2.05, 4.69) is 69.1 Å². The molecule has 16 amide bonds. The molecule has 782 valence electrons. The second-order valence-electron chi connectivity index (χ2n) is 34.0. The van der Waals surface area contributed by atoms with Crippen molar-refractivity contribution in [2.75, 3.05) is 46.0 Å². The summed E-state index contributed by atoms with van der Waals surface area (Å²) >= 11 is 0. The molecule has 0 fully saturated rings. The lowest BCUT2D eigenvalue weighted by atomic mass is 9.98. The normalized spacial score (nSPS) is 14.5. The van der Waals surface area contributed by atoms with Gasteiger partial charge in [-0.1, -0.05) is 82.3 Å². The number of hydrogen-bond donors (Lipinski definition) is 33. The van der Waals surface area contributed by atoms with Gasteiger partial charge in [0.2, 0.25) is 94.5 Å². The number of aromatic hydroxyl groups is 2. The van der Waals surface area contributed by atoms with Crippen LogP contribution in [0.2, 0.25) is 0 Å². The molecule has 8 unspecified atom stereocenters. The van der Waals surface area contributed by atoms with Crippen LogP contribution in [0.25, 0.3) is 0 Å². The molecule has 0 saturated carbocycles. The molecule has 3 aromatic carbocycles. The molecule has 0 aliphatic heterocycles. The predicted octanol–water partition coefficient (Wildman–Crippen LogP) is -9.67. The number of carbonyl (C=O) groups is 20. The van der Waals surface area contributed by atoms with Gasteiger partial charge in [0.1, 0.15) is 108 Å². The SMILES string of the molecule is CC(C)CC(NC(=O)[C@H](CCCCN)NC(=O)C(CC(N)=O)NC(=O)[C@H](CO)NC(=O)C(CO)NC(=O)[C@H](CC(=O)O)NC(=O)C(CC(=O)O)NC(=O)[C@H](Cc1ccccc1)NC(=O)C(Cc1ccc(O)cc1)NC(=O)[C@H](CC(=O)O)NN)C(=O)N[C@@H](CC(C)C)C(=O)NC(CCCCN)C(=O)N[C@@H](CCCCN)C(=O)NC(Cc1ccc(O)cc1)C(=O)N[C@@H](CCCNC(=N)N)C(=O)NC(CO)C(=O)O. The summed E-state index contributed by atoms with van der Waals surface area (Å²) in [6.07, 6.45) is -5.25. The lowest BCUT2D eigenvalue weighted by Gasteiger charge is -2.29. The zero-order chi connectivity index (χ0) is 106. The first kappa shape index (κ1) is 121. The summed E-state index contributed by atoms with van der Waals surface area (Å²) in [5.41, 5.74) is 31.5. The Morgan fingerprint density at radius 2 is 0.539 bits per heavy atom. The summed E-state index contributed by atoms with van der Waals surface area (Å²) in [7, 11) is 0. The second kappa shape index (κ2) is 64.0. The standard InChI is InChI=1S/C88H136N24O29/c1-45(2)33-56(76(129)98-52(17-8-11-29-89)72(125)97-53(18-9-12-30-90)74(127)103-59(36-48-21-25-50(116)26-22-48)78(131)100-55(20-14-32-96-88(93)94)75(128)111-67(44-115)87(140)141)102-77(130)57(34-46(3)4)101-73(126)54(19-10-13-31-91)99-81(134)61(38-68(92)118)106-85(138)65(42-113)110-86(139)66(43-114)109-83(136)63(40-70(121)122)108-82(135)62(39-69(119)120)107-80(133)58(35-47-15-6-5-7-16-47)104-79(132)60(37-49-23-27-51(117)28-24-49)105-84(137)64(112-95)41-71(123)124/h5-7,15-16,21-28,45-46,52-67,112-117H,8-14,17-20,29-44,89-91,95H2,1-4H3,(H2,92,118)(H,97,125)(H,98,129)(H,99,134)(H,100,131)(H,101,126)(H,102,130)(H,103,127)(H,104,132)(H,105,137)(H,106,138)(H,107,133)(H,108,135)(H,109,136)(H,110,139)(H,111,128)(H,119,120)(H,121,122)(H,123,124)(H,140,141)(H4,93,94,96)/t52?,53-,54-,55-,56-,57?,58-,59?,60?,61?,62?,63-,64-,65-,66?,67?/m0/s1. The molecule has 3 rings (SSSR count). The van der Waals surface area contributed by atoms with Crippen LogP contribution in [0, 0.1) is 17.2 Å². The summed E-state index contributed by atoms with van der Waals surface area (Å²) in [5.74, 6) is -22.0. The molecule has 0 radical (unpaired) electrons. The molecule has 39 N–H and O–H groups in total. The first-order valence-electron chi connectivity index (χ1n) is 45.5. The van der Waals surface area contributed by atoms with E-state index in [4.69, 9.17) is 39.9 Å². The van der Waals surface area contributed by atoms with Gasteiger partial charge in [-0.25, -0.2) is 10.2 Å². The molecule has 0 aliphatic rings. The molecule has 141 heavy (non-hydrogen) atoms. The molecule has 0 saturated heterocycles. The molecular weight excluding hydrogens is 1860 g/mol. The van der Waals surface area contributed by atoms with Crippen LogP contribution in [-0.2, 0) is 115 Å². The van der Waals surface area contributed by atoms with E-state index in [0.717, 1.165) is 0 Å². The third-order valence-corrected chi connectivity index (χ3v) is 21.4. The number of amides is 16. The fraction of sp³-hybridized carbons (Fsp3) is 0.557. The molecule has 53 heteroatoms. The van der Waals surface area contributed by atoms with Crippen molar-refractivity contribution in [2.45, 2.75) is 253 Å². The van der Waals surface area contributed by atoms with E-state index in [9.17, 15) is 142 Å². The van der Waals surface area contributed by atoms with Gasteiger partial charge >= 0.3 is 23.9 Å². The van der Waals surface area contributed by atoms with Gasteiger partial charge in [0.25, 0.3) is 0 Å². The van der Waals surface area contributed by atoms with E-state index in [1.54, 1.807) is 33.8 Å². The monoisotopic (exact) mass is 1990 g/mol. The van der Waals surface area contributed by atoms with E-state index in [1.807, 2.05) is 21.4 Å². The van der Waals surface area contributed by atoms with Crippen molar-refractivity contribution in [1.29, 1.82) is 5.41 Å². The number of phenols is 2. The van der Waals surface area contributed by atoms with Crippen molar-refractivity contribution < 1.29 is 142 Å². The van der Waals surface area contributed by atoms with Crippen molar-refractivity contribution in [2.24, 2.45) is 46.3 Å². The summed E-state index contributed by atoms with van der Waals surface area (Å²) in [6.45, 7) is 3.27. The van der Waals surface area contributed by atoms with Gasteiger partial charge in [-0.15, -0.1) is 0 Å².